The van der Waals surface area contributed by atoms with Gasteiger partial charge in [0.05, 0.1) is 5.69 Å². The summed E-state index contributed by atoms with van der Waals surface area (Å²) < 4.78 is 1.45. The molecule has 2 aromatic rings. The highest BCUT2D eigenvalue weighted by Crippen LogP contribution is 2.24. The summed E-state index contributed by atoms with van der Waals surface area (Å²) in [7, 11) is 2.18. The third-order valence-electron chi connectivity index (χ3n) is 5.47. The molecule has 3 N–H and O–H groups in total. The Morgan fingerprint density at radius 2 is 2.07 bits per heavy atom. The van der Waals surface area contributed by atoms with E-state index in [0.29, 0.717) is 24.5 Å². The van der Waals surface area contributed by atoms with Gasteiger partial charge < -0.3 is 16.0 Å². The Bertz CT molecular complexity index is 833. The Kier molecular flexibility index (Phi) is 6.03. The van der Waals surface area contributed by atoms with Gasteiger partial charge >= 0.3 is 5.69 Å². The summed E-state index contributed by atoms with van der Waals surface area (Å²) in [6, 6.07) is 10.8. The monoisotopic (exact) mass is 369 g/mol. The van der Waals surface area contributed by atoms with Crippen LogP contribution in [0.15, 0.2) is 41.3 Å². The van der Waals surface area contributed by atoms with Gasteiger partial charge in [-0.2, -0.15) is 4.98 Å². The average Bonchev–Trinajstić information content (AvgIpc) is 3.09. The van der Waals surface area contributed by atoms with Crippen molar-refractivity contribution in [2.75, 3.05) is 12.4 Å². The number of likely N-dealkylation sites (N-methyl/N-ethyl adjacent to an activating group) is 1. The molecule has 27 heavy (non-hydrogen) atoms. The van der Waals surface area contributed by atoms with Crippen molar-refractivity contribution in [3.05, 3.63) is 52.6 Å². The number of hydrogen-bond donors (Lipinski definition) is 2. The van der Waals surface area contributed by atoms with E-state index in [2.05, 4.69) is 29.2 Å². The molecule has 0 radical (unpaired) electrons. The van der Waals surface area contributed by atoms with Gasteiger partial charge in [0.25, 0.3) is 0 Å². The molecule has 0 saturated heterocycles. The van der Waals surface area contributed by atoms with Crippen molar-refractivity contribution < 1.29 is 4.79 Å². The minimum absolute atomic E-state index is 0.242. The maximum Gasteiger partial charge on any atom is 0.354 e. The molecule has 7 heteroatoms. The van der Waals surface area contributed by atoms with Gasteiger partial charge in [-0.25, -0.2) is 4.79 Å². The summed E-state index contributed by atoms with van der Waals surface area (Å²) in [5.74, 6) is 0.242. The lowest BCUT2D eigenvalue weighted by molar-refractivity contribution is -0.105. The van der Waals surface area contributed by atoms with Crippen molar-refractivity contribution in [3.8, 4) is 5.69 Å². The van der Waals surface area contributed by atoms with Crippen LogP contribution in [0.25, 0.3) is 5.69 Å². The summed E-state index contributed by atoms with van der Waals surface area (Å²) in [6.07, 6.45) is 6.41. The lowest BCUT2D eigenvalue weighted by atomic mass is 10.0. The molecule has 1 aromatic carbocycles. The van der Waals surface area contributed by atoms with E-state index in [0.717, 1.165) is 24.9 Å². The van der Waals surface area contributed by atoms with Crippen molar-refractivity contribution >= 4 is 12.2 Å². The van der Waals surface area contributed by atoms with Gasteiger partial charge in [-0.3, -0.25) is 9.36 Å². The number of rotatable bonds is 7. The van der Waals surface area contributed by atoms with E-state index in [1.807, 2.05) is 24.3 Å². The van der Waals surface area contributed by atoms with Gasteiger partial charge in [0, 0.05) is 24.3 Å². The molecule has 0 spiro atoms. The van der Waals surface area contributed by atoms with Crippen LogP contribution in [-0.2, 0) is 11.2 Å². The molecule has 1 saturated carbocycles. The first-order valence-corrected chi connectivity index (χ1v) is 9.34. The highest BCUT2D eigenvalue weighted by molar-refractivity contribution is 5.68. The summed E-state index contributed by atoms with van der Waals surface area (Å²) in [5.41, 5.74) is 7.58. The smallest absolute Gasteiger partial charge is 0.328 e. The number of nitrogens with zero attached hydrogens (tertiary/aromatic N) is 3. The largest absolute Gasteiger partial charge is 0.354 e. The molecular formula is C20H27N5O2. The molecule has 1 amide bonds. The lowest BCUT2D eigenvalue weighted by Gasteiger charge is -2.31. The zero-order valence-electron chi connectivity index (χ0n) is 15.8. The van der Waals surface area contributed by atoms with Crippen LogP contribution in [0.1, 0.15) is 31.7 Å². The molecule has 3 atom stereocenters. The standard InChI is InChI=1S/C20H27N5O2/c1-14(24(2)18-8-5-16(21)12-18)11-15-3-6-17(7-4-15)25-10-9-19(22-13-26)23-20(25)27/h3-4,6-7,9-10,13-14,16,18H,5,8,11-12,21H2,1-2H3,(H,22,23,26,27)/t14?,16-,18?/m0/s1. The van der Waals surface area contributed by atoms with Crippen molar-refractivity contribution in [3.63, 3.8) is 0 Å². The zero-order chi connectivity index (χ0) is 19.4. The van der Waals surface area contributed by atoms with Gasteiger partial charge in [0.1, 0.15) is 5.82 Å². The van der Waals surface area contributed by atoms with Crippen LogP contribution in [0, 0.1) is 0 Å². The normalized spacial score (nSPS) is 20.6. The number of hydrogen-bond acceptors (Lipinski definition) is 5. The Morgan fingerprint density at radius 3 is 2.67 bits per heavy atom. The molecule has 2 unspecified atom stereocenters. The van der Waals surface area contributed by atoms with Crippen LogP contribution in [0.2, 0.25) is 0 Å². The second kappa shape index (κ2) is 8.45. The van der Waals surface area contributed by atoms with E-state index in [1.165, 1.54) is 16.6 Å². The third-order valence-corrected chi connectivity index (χ3v) is 5.47. The van der Waals surface area contributed by atoms with E-state index in [4.69, 9.17) is 5.73 Å². The fraction of sp³-hybridized carbons (Fsp3) is 0.450. The summed E-state index contributed by atoms with van der Waals surface area (Å²) in [5, 5.41) is 2.38. The number of aromatic nitrogens is 2. The van der Waals surface area contributed by atoms with Crippen LogP contribution < -0.4 is 16.7 Å². The molecule has 1 aromatic heterocycles. The number of amides is 1. The van der Waals surface area contributed by atoms with Crippen LogP contribution in [-0.4, -0.2) is 46.0 Å². The van der Waals surface area contributed by atoms with E-state index in [-0.39, 0.29) is 5.82 Å². The minimum Gasteiger partial charge on any atom is -0.328 e. The van der Waals surface area contributed by atoms with Gasteiger partial charge in [0.15, 0.2) is 0 Å². The van der Waals surface area contributed by atoms with Crippen LogP contribution in [0.4, 0.5) is 5.82 Å². The molecule has 1 aliphatic rings. The molecule has 7 nitrogen and oxygen atoms in total. The molecule has 1 aliphatic carbocycles. The van der Waals surface area contributed by atoms with E-state index < -0.39 is 5.69 Å². The first kappa shape index (κ1) is 19.3. The number of carbonyl (C=O) groups excluding carboxylic acids is 1. The highest BCUT2D eigenvalue weighted by Gasteiger charge is 2.27. The maximum absolute atomic E-state index is 12.1. The zero-order valence-corrected chi connectivity index (χ0v) is 15.8. The minimum atomic E-state index is -0.430. The van der Waals surface area contributed by atoms with Gasteiger partial charge in [0.2, 0.25) is 6.41 Å². The first-order valence-electron chi connectivity index (χ1n) is 9.34. The van der Waals surface area contributed by atoms with Crippen molar-refractivity contribution in [1.29, 1.82) is 0 Å². The number of nitrogens with two attached hydrogens (primary N) is 1. The molecule has 1 heterocycles. The quantitative estimate of drug-likeness (QED) is 0.722. The van der Waals surface area contributed by atoms with E-state index in [9.17, 15) is 9.59 Å². The molecule has 144 valence electrons. The maximum atomic E-state index is 12.1. The predicted molar refractivity (Wildman–Crippen MR) is 106 cm³/mol. The molecule has 0 bridgehead atoms. The van der Waals surface area contributed by atoms with Gasteiger partial charge in [-0.1, -0.05) is 12.1 Å². The fourth-order valence-corrected chi connectivity index (χ4v) is 3.74. The van der Waals surface area contributed by atoms with E-state index in [1.54, 1.807) is 12.3 Å². The molecular weight excluding hydrogens is 342 g/mol. The van der Waals surface area contributed by atoms with Crippen LogP contribution in [0.3, 0.4) is 0 Å². The second-order valence-corrected chi connectivity index (χ2v) is 7.34. The first-order chi connectivity index (χ1) is 13.0. The second-order valence-electron chi connectivity index (χ2n) is 7.34. The van der Waals surface area contributed by atoms with Crippen LogP contribution >= 0.6 is 0 Å². The van der Waals surface area contributed by atoms with Crippen LogP contribution in [0.5, 0.6) is 0 Å². The predicted octanol–water partition coefficient (Wildman–Crippen LogP) is 1.54. The van der Waals surface area contributed by atoms with Gasteiger partial charge in [-0.15, -0.1) is 0 Å². The average molecular weight is 369 g/mol. The summed E-state index contributed by atoms with van der Waals surface area (Å²) in [6.45, 7) is 2.24. The Balaban J connectivity index is 1.66. The third kappa shape index (κ3) is 4.61. The SMILES string of the molecule is CC(Cc1ccc(-n2ccc(NC=O)nc2=O)cc1)N(C)C1CC[C@H](N)C1. The van der Waals surface area contributed by atoms with E-state index >= 15 is 0 Å². The summed E-state index contributed by atoms with van der Waals surface area (Å²) >= 11 is 0. The van der Waals surface area contributed by atoms with Crippen molar-refractivity contribution in [2.24, 2.45) is 5.73 Å². The molecule has 1 fully saturated rings. The van der Waals surface area contributed by atoms with Crippen molar-refractivity contribution in [2.45, 2.75) is 50.7 Å². The number of benzene rings is 1. The molecule has 0 aliphatic heterocycles. The van der Waals surface area contributed by atoms with Crippen molar-refractivity contribution in [1.82, 2.24) is 14.5 Å². The fourth-order valence-electron chi connectivity index (χ4n) is 3.74. The number of carbonyl (C=O) groups is 1. The lowest BCUT2D eigenvalue weighted by Crippen LogP contribution is -2.39. The number of anilines is 1. The number of nitrogens with one attached hydrogen (secondary N) is 1. The molecule has 3 rings (SSSR count). The Labute approximate surface area is 159 Å². The topological polar surface area (TPSA) is 93.2 Å². The summed E-state index contributed by atoms with van der Waals surface area (Å²) in [4.78, 5) is 28.8. The Morgan fingerprint density at radius 1 is 1.33 bits per heavy atom. The Hall–Kier alpha value is -2.51. The highest BCUT2D eigenvalue weighted by atomic mass is 16.1. The van der Waals surface area contributed by atoms with Gasteiger partial charge in [-0.05, 0) is 63.4 Å².